The van der Waals surface area contributed by atoms with Gasteiger partial charge < -0.3 is 18.9 Å². The van der Waals surface area contributed by atoms with Crippen molar-refractivity contribution in [2.45, 2.75) is 29.8 Å². The van der Waals surface area contributed by atoms with Gasteiger partial charge in [0.2, 0.25) is 0 Å². The maximum Gasteiger partial charge on any atom is 0.425 e. The average Bonchev–Trinajstić information content (AvgIpc) is 2.39. The minimum atomic E-state index is -6.01. The molecule has 0 aliphatic carbocycles. The van der Waals surface area contributed by atoms with Crippen LogP contribution in [0.4, 0.5) is 35.1 Å². The molecule has 0 amide bonds. The number of rotatable bonds is 8. The Bertz CT molecular complexity index is 326. The fourth-order valence-corrected chi connectivity index (χ4v) is 1.43. The number of hydrogen-bond donors (Lipinski definition) is 0. The summed E-state index contributed by atoms with van der Waals surface area (Å²) < 4.78 is 120. The lowest BCUT2D eigenvalue weighted by Crippen LogP contribution is -2.73. The Morgan fingerprint density at radius 1 is 0.476 bits per heavy atom. The Hall–Kier alpha value is -0.720. The second-order valence-electron chi connectivity index (χ2n) is 3.62. The first-order chi connectivity index (χ1) is 9.24. The number of ether oxygens (including phenoxy) is 4. The van der Waals surface area contributed by atoms with E-state index in [1.165, 1.54) is 0 Å². The van der Waals surface area contributed by atoms with Gasteiger partial charge in [-0.05, 0) is 0 Å². The van der Waals surface area contributed by atoms with Gasteiger partial charge in [-0.15, -0.1) is 0 Å². The van der Waals surface area contributed by atoms with Crippen LogP contribution in [0.3, 0.4) is 0 Å². The van der Waals surface area contributed by atoms with Crippen molar-refractivity contribution in [3.8, 4) is 0 Å². The maximum absolute atomic E-state index is 13.7. The Morgan fingerprint density at radius 3 is 0.857 bits per heavy atom. The molecule has 0 saturated heterocycles. The van der Waals surface area contributed by atoms with E-state index < -0.39 is 29.8 Å². The predicted molar refractivity (Wildman–Crippen MR) is 50.6 cm³/mol. The van der Waals surface area contributed by atoms with Crippen molar-refractivity contribution >= 4 is 0 Å². The molecule has 0 heterocycles. The smallest absolute Gasteiger partial charge is 0.343 e. The molecule has 0 N–H and O–H groups in total. The highest BCUT2D eigenvalue weighted by Gasteiger charge is 2.86. The van der Waals surface area contributed by atoms with Crippen LogP contribution in [0.1, 0.15) is 0 Å². The van der Waals surface area contributed by atoms with Crippen LogP contribution < -0.4 is 0 Å². The quantitative estimate of drug-likeness (QED) is 0.505. The summed E-state index contributed by atoms with van der Waals surface area (Å²) in [5.41, 5.74) is 0. The van der Waals surface area contributed by atoms with Gasteiger partial charge in [0.05, 0.1) is 0 Å². The molecular formula is C9H12F8O4. The highest BCUT2D eigenvalue weighted by molar-refractivity contribution is 5.05. The van der Waals surface area contributed by atoms with Gasteiger partial charge in [0, 0.05) is 28.4 Å². The zero-order chi connectivity index (χ0) is 17.3. The molecule has 0 radical (unpaired) electrons. The standard InChI is InChI=1S/C9H12F8O4/c1-18-7(19-2,5(10,11)8(14,15)20-3)6(12,13)9(16,17)21-4/h1-4H3. The lowest BCUT2D eigenvalue weighted by molar-refractivity contribution is -0.507. The largest absolute Gasteiger partial charge is 0.425 e. The molecule has 128 valence electrons. The molecule has 0 rings (SSSR count). The summed E-state index contributed by atoms with van der Waals surface area (Å²) >= 11 is 0. The predicted octanol–water partition coefficient (Wildman–Crippen LogP) is 2.72. The molecule has 12 heteroatoms. The molecule has 0 saturated carbocycles. The minimum Gasteiger partial charge on any atom is -0.343 e. The topological polar surface area (TPSA) is 36.9 Å². The van der Waals surface area contributed by atoms with E-state index in [9.17, 15) is 35.1 Å². The number of halogens is 8. The Balaban J connectivity index is 6.33. The van der Waals surface area contributed by atoms with Gasteiger partial charge in [0.1, 0.15) is 0 Å². The summed E-state index contributed by atoms with van der Waals surface area (Å²) in [5, 5.41) is 0. The van der Waals surface area contributed by atoms with Crippen LogP contribution in [0.5, 0.6) is 0 Å². The number of alkyl halides is 8. The van der Waals surface area contributed by atoms with E-state index in [1.807, 2.05) is 0 Å². The first kappa shape index (κ1) is 20.3. The van der Waals surface area contributed by atoms with Crippen LogP contribution in [0.2, 0.25) is 0 Å². The zero-order valence-electron chi connectivity index (χ0n) is 11.2. The van der Waals surface area contributed by atoms with Gasteiger partial charge in [-0.3, -0.25) is 0 Å². The molecule has 0 aliphatic heterocycles. The molecule has 0 spiro atoms. The van der Waals surface area contributed by atoms with Gasteiger partial charge in [-0.2, -0.15) is 35.1 Å². The van der Waals surface area contributed by atoms with E-state index in [1.54, 1.807) is 0 Å². The second kappa shape index (κ2) is 5.82. The summed E-state index contributed by atoms with van der Waals surface area (Å²) in [6.45, 7) is 0. The monoisotopic (exact) mass is 336 g/mol. The van der Waals surface area contributed by atoms with E-state index in [-0.39, 0.29) is 28.4 Å². The van der Waals surface area contributed by atoms with Crippen molar-refractivity contribution in [2.24, 2.45) is 0 Å². The maximum atomic E-state index is 13.7. The number of hydrogen-bond acceptors (Lipinski definition) is 4. The molecule has 0 atom stereocenters. The summed E-state index contributed by atoms with van der Waals surface area (Å²) in [7, 11) is 0.221. The van der Waals surface area contributed by atoms with Gasteiger partial charge in [0.15, 0.2) is 0 Å². The zero-order valence-corrected chi connectivity index (χ0v) is 11.2. The molecule has 0 aromatic heterocycles. The normalized spacial score (nSPS) is 15.4. The summed E-state index contributed by atoms with van der Waals surface area (Å²) in [5.74, 6) is -17.1. The third-order valence-electron chi connectivity index (χ3n) is 2.65. The first-order valence-corrected chi connectivity index (χ1v) is 4.96. The molecule has 0 aromatic rings. The summed E-state index contributed by atoms with van der Waals surface area (Å²) in [4.78, 5) is 0. The molecule has 0 bridgehead atoms. The SMILES string of the molecule is COC(F)(F)C(F)(F)C(OC)(OC)C(F)(F)C(F)(F)OC. The summed E-state index contributed by atoms with van der Waals surface area (Å²) in [6, 6.07) is 0. The van der Waals surface area contributed by atoms with Gasteiger partial charge in [-0.1, -0.05) is 0 Å². The molecule has 21 heavy (non-hydrogen) atoms. The van der Waals surface area contributed by atoms with Crippen molar-refractivity contribution in [1.82, 2.24) is 0 Å². The van der Waals surface area contributed by atoms with Crippen LogP contribution in [0.25, 0.3) is 0 Å². The fraction of sp³-hybridized carbons (Fsp3) is 1.00. The van der Waals surface area contributed by atoms with Crippen LogP contribution in [-0.4, -0.2) is 58.3 Å². The molecule has 0 aliphatic rings. The van der Waals surface area contributed by atoms with E-state index in [0.29, 0.717) is 0 Å². The Labute approximate surface area is 113 Å². The second-order valence-corrected chi connectivity index (χ2v) is 3.62. The van der Waals surface area contributed by atoms with E-state index in [2.05, 4.69) is 18.9 Å². The van der Waals surface area contributed by atoms with Crippen molar-refractivity contribution in [2.75, 3.05) is 28.4 Å². The lowest BCUT2D eigenvalue weighted by Gasteiger charge is -2.45. The molecule has 4 nitrogen and oxygen atoms in total. The van der Waals surface area contributed by atoms with Crippen molar-refractivity contribution in [3.05, 3.63) is 0 Å². The Morgan fingerprint density at radius 2 is 0.714 bits per heavy atom. The van der Waals surface area contributed by atoms with Crippen LogP contribution in [0.15, 0.2) is 0 Å². The average molecular weight is 336 g/mol. The van der Waals surface area contributed by atoms with Crippen molar-refractivity contribution in [1.29, 1.82) is 0 Å². The van der Waals surface area contributed by atoms with Gasteiger partial charge in [-0.25, -0.2) is 0 Å². The summed E-state index contributed by atoms with van der Waals surface area (Å²) in [6.07, 6.45) is -11.2. The first-order valence-electron chi connectivity index (χ1n) is 4.96. The highest BCUT2D eigenvalue weighted by atomic mass is 19.3. The fourth-order valence-electron chi connectivity index (χ4n) is 1.43. The van der Waals surface area contributed by atoms with Crippen LogP contribution in [-0.2, 0) is 18.9 Å². The molecule has 0 fully saturated rings. The van der Waals surface area contributed by atoms with Gasteiger partial charge >= 0.3 is 29.8 Å². The molecular weight excluding hydrogens is 324 g/mol. The minimum absolute atomic E-state index is 0.0522. The van der Waals surface area contributed by atoms with Crippen LogP contribution >= 0.6 is 0 Å². The van der Waals surface area contributed by atoms with Gasteiger partial charge in [0.25, 0.3) is 0 Å². The molecule has 0 unspecified atom stereocenters. The third-order valence-corrected chi connectivity index (χ3v) is 2.65. The highest BCUT2D eigenvalue weighted by Crippen LogP contribution is 2.56. The van der Waals surface area contributed by atoms with E-state index >= 15 is 0 Å². The van der Waals surface area contributed by atoms with Crippen LogP contribution in [0, 0.1) is 0 Å². The Kier molecular flexibility index (Phi) is 5.62. The molecule has 0 aromatic carbocycles. The van der Waals surface area contributed by atoms with E-state index in [4.69, 9.17) is 0 Å². The van der Waals surface area contributed by atoms with E-state index in [0.717, 1.165) is 0 Å². The van der Waals surface area contributed by atoms with Crippen molar-refractivity contribution in [3.63, 3.8) is 0 Å². The third kappa shape index (κ3) is 2.58. The number of methoxy groups -OCH3 is 4. The lowest BCUT2D eigenvalue weighted by atomic mass is 9.98. The van der Waals surface area contributed by atoms with Crippen molar-refractivity contribution < 1.29 is 54.1 Å².